The van der Waals surface area contributed by atoms with Crippen molar-refractivity contribution in [2.45, 2.75) is 38.2 Å². The quantitative estimate of drug-likeness (QED) is 0.175. The van der Waals surface area contributed by atoms with Crippen LogP contribution >= 0.6 is 11.3 Å². The van der Waals surface area contributed by atoms with Crippen molar-refractivity contribution in [3.05, 3.63) is 53.2 Å². The van der Waals surface area contributed by atoms with E-state index in [0.29, 0.717) is 45.2 Å². The summed E-state index contributed by atoms with van der Waals surface area (Å²) in [5.74, 6) is 1.17. The van der Waals surface area contributed by atoms with Gasteiger partial charge in [-0.05, 0) is 44.2 Å². The number of para-hydroxylation sites is 1. The maximum atomic E-state index is 13.3. The standard InChI is InChI=1S/C27H34B3N9O5S/c1-26(2,3)44-25(41)32-13-14-12-31-24(45-14)15-7-6-8-16(22(15)43-5)33-17-11-19(34-18-9-10-20(42-4)38-36-18)37-39-21(17)23(40)35-27(28,29)30/h6-12H,13,28-30H2,1-5H3,(H,32,41)(H,35,40)(H2,33,34,36,37). The predicted octanol–water partition coefficient (Wildman–Crippen LogP) is 1.16. The number of carbonyl (C=O) groups excluding carboxylic acids is 2. The van der Waals surface area contributed by atoms with Crippen LogP contribution < -0.4 is 30.7 Å². The summed E-state index contributed by atoms with van der Waals surface area (Å²) in [7, 11) is 8.68. The topological polar surface area (TPSA) is 174 Å². The molecule has 0 fully saturated rings. The minimum Gasteiger partial charge on any atom is -0.494 e. The van der Waals surface area contributed by atoms with Gasteiger partial charge in [0.1, 0.15) is 34.1 Å². The lowest BCUT2D eigenvalue weighted by atomic mass is 9.49. The normalized spacial score (nSPS) is 11.3. The zero-order valence-corrected chi connectivity index (χ0v) is 27.3. The van der Waals surface area contributed by atoms with E-state index in [4.69, 9.17) is 14.2 Å². The highest BCUT2D eigenvalue weighted by molar-refractivity contribution is 7.15. The second-order valence-corrected chi connectivity index (χ2v) is 12.9. The lowest BCUT2D eigenvalue weighted by Crippen LogP contribution is -2.50. The Morgan fingerprint density at radius 3 is 2.31 bits per heavy atom. The molecule has 0 bridgehead atoms. The first-order valence-electron chi connectivity index (χ1n) is 14.0. The van der Waals surface area contributed by atoms with Crippen molar-refractivity contribution in [2.75, 3.05) is 24.9 Å². The number of aromatic nitrogens is 5. The van der Waals surface area contributed by atoms with Gasteiger partial charge in [-0.2, -0.15) is 0 Å². The Morgan fingerprint density at radius 2 is 1.67 bits per heavy atom. The van der Waals surface area contributed by atoms with Gasteiger partial charge in [0.15, 0.2) is 23.1 Å². The molecule has 18 heteroatoms. The van der Waals surface area contributed by atoms with Gasteiger partial charge in [-0.25, -0.2) is 9.78 Å². The van der Waals surface area contributed by atoms with Crippen molar-refractivity contribution < 1.29 is 23.8 Å². The Kier molecular flexibility index (Phi) is 10.2. The van der Waals surface area contributed by atoms with Gasteiger partial charge in [-0.15, -0.1) is 31.7 Å². The highest BCUT2D eigenvalue weighted by Crippen LogP contribution is 2.40. The number of alkyl carbamates (subject to hydrolysis) is 1. The third-order valence-electron chi connectivity index (χ3n) is 5.68. The van der Waals surface area contributed by atoms with Gasteiger partial charge in [-0.3, -0.25) is 4.79 Å². The van der Waals surface area contributed by atoms with Crippen LogP contribution in [0.1, 0.15) is 36.1 Å². The summed E-state index contributed by atoms with van der Waals surface area (Å²) >= 11 is 1.40. The molecule has 232 valence electrons. The molecule has 0 aliphatic heterocycles. The van der Waals surface area contributed by atoms with Gasteiger partial charge in [0, 0.05) is 23.2 Å². The molecule has 1 aromatic carbocycles. The van der Waals surface area contributed by atoms with Gasteiger partial charge < -0.3 is 35.5 Å². The van der Waals surface area contributed by atoms with E-state index in [2.05, 4.69) is 46.6 Å². The van der Waals surface area contributed by atoms with E-state index in [1.807, 2.05) is 41.7 Å². The maximum absolute atomic E-state index is 13.3. The number of methoxy groups -OCH3 is 2. The van der Waals surface area contributed by atoms with Crippen molar-refractivity contribution in [3.63, 3.8) is 0 Å². The lowest BCUT2D eigenvalue weighted by molar-refractivity contribution is 0.0524. The fourth-order valence-electron chi connectivity index (χ4n) is 3.90. The summed E-state index contributed by atoms with van der Waals surface area (Å²) in [4.78, 5) is 30.7. The van der Waals surface area contributed by atoms with Gasteiger partial charge in [0.2, 0.25) is 5.88 Å². The third kappa shape index (κ3) is 9.32. The zero-order chi connectivity index (χ0) is 32.8. The smallest absolute Gasteiger partial charge is 0.407 e. The van der Waals surface area contributed by atoms with Crippen LogP contribution in [-0.4, -0.2) is 86.0 Å². The summed E-state index contributed by atoms with van der Waals surface area (Å²) in [6, 6.07) is 10.5. The molecule has 0 saturated heterocycles. The van der Waals surface area contributed by atoms with E-state index in [1.165, 1.54) is 18.4 Å². The van der Waals surface area contributed by atoms with E-state index in [0.717, 1.165) is 4.88 Å². The third-order valence-corrected chi connectivity index (χ3v) is 6.71. The Hall–Kier alpha value is -4.86. The summed E-state index contributed by atoms with van der Waals surface area (Å²) < 4.78 is 16.2. The Morgan fingerprint density at radius 1 is 0.911 bits per heavy atom. The van der Waals surface area contributed by atoms with Crippen LogP contribution in [0.5, 0.6) is 11.6 Å². The summed E-state index contributed by atoms with van der Waals surface area (Å²) in [6.45, 7) is 5.68. The molecule has 0 saturated carbocycles. The van der Waals surface area contributed by atoms with Gasteiger partial charge in [-0.1, -0.05) is 6.07 Å². The fraction of sp³-hybridized carbons (Fsp3) is 0.296. The molecule has 14 nitrogen and oxygen atoms in total. The molecule has 4 N–H and O–H groups in total. The second kappa shape index (κ2) is 13.8. The molecule has 0 atom stereocenters. The van der Waals surface area contributed by atoms with E-state index in [1.54, 1.807) is 52.3 Å². The van der Waals surface area contributed by atoms with Gasteiger partial charge in [0.25, 0.3) is 5.91 Å². The molecule has 4 rings (SSSR count). The van der Waals surface area contributed by atoms with E-state index < -0.39 is 22.8 Å². The number of amides is 2. The molecule has 45 heavy (non-hydrogen) atoms. The lowest BCUT2D eigenvalue weighted by Gasteiger charge is -2.22. The number of benzene rings is 1. The number of hydrogen-bond acceptors (Lipinski definition) is 13. The monoisotopic (exact) mass is 629 g/mol. The Balaban J connectivity index is 1.63. The molecule has 0 aliphatic carbocycles. The average Bonchev–Trinajstić information content (AvgIpc) is 3.44. The first-order valence-corrected chi connectivity index (χ1v) is 14.8. The summed E-state index contributed by atoms with van der Waals surface area (Å²) in [6.07, 6.45) is 1.19. The van der Waals surface area contributed by atoms with Crippen LogP contribution in [0.4, 0.5) is 27.8 Å². The SMILES string of the molecule is BC(B)(B)NC(=O)c1nnc(Nc2ccc(OC)nn2)cc1Nc1cccc(-c2ncc(CNC(=O)OC(C)(C)C)s2)c1OC. The first kappa shape index (κ1) is 33.0. The molecule has 3 heterocycles. The second-order valence-electron chi connectivity index (χ2n) is 11.8. The highest BCUT2D eigenvalue weighted by atomic mass is 32.1. The molecular weight excluding hydrogens is 595 g/mol. The highest BCUT2D eigenvalue weighted by Gasteiger charge is 2.23. The molecular formula is C27H34B3N9O5S. The molecule has 0 aliphatic rings. The largest absolute Gasteiger partial charge is 0.494 e. The van der Waals surface area contributed by atoms with Crippen molar-refractivity contribution in [1.82, 2.24) is 36.0 Å². The molecule has 0 spiro atoms. The van der Waals surface area contributed by atoms with E-state index in [9.17, 15) is 9.59 Å². The average molecular weight is 629 g/mol. The number of anilines is 4. The molecule has 0 radical (unpaired) electrons. The summed E-state index contributed by atoms with van der Waals surface area (Å²) in [5.41, 5.74) is 1.13. The van der Waals surface area contributed by atoms with Crippen LogP contribution in [0.3, 0.4) is 0 Å². The van der Waals surface area contributed by atoms with Crippen molar-refractivity contribution in [1.29, 1.82) is 0 Å². The first-order chi connectivity index (χ1) is 21.2. The van der Waals surface area contributed by atoms with E-state index >= 15 is 0 Å². The molecule has 4 aromatic rings. The molecule has 2 amide bonds. The summed E-state index contributed by atoms with van der Waals surface area (Å²) in [5, 5.41) is 28.6. The molecule has 3 aromatic heterocycles. The van der Waals surface area contributed by atoms with Crippen LogP contribution in [0.2, 0.25) is 0 Å². The fourth-order valence-corrected chi connectivity index (χ4v) is 4.77. The predicted molar refractivity (Wildman–Crippen MR) is 180 cm³/mol. The van der Waals surface area contributed by atoms with Gasteiger partial charge in [0.05, 0.1) is 37.7 Å². The number of rotatable bonds is 11. The van der Waals surface area contributed by atoms with Crippen LogP contribution in [0, 0.1) is 0 Å². The van der Waals surface area contributed by atoms with Crippen molar-refractivity contribution in [3.8, 4) is 22.2 Å². The van der Waals surface area contributed by atoms with Crippen molar-refractivity contribution in [2.24, 2.45) is 0 Å². The Bertz CT molecular complexity index is 1660. The number of ether oxygens (including phenoxy) is 3. The number of nitrogens with one attached hydrogen (secondary N) is 4. The van der Waals surface area contributed by atoms with E-state index in [-0.39, 0.29) is 12.2 Å². The zero-order valence-electron chi connectivity index (χ0n) is 26.4. The minimum atomic E-state index is -0.595. The van der Waals surface area contributed by atoms with Crippen LogP contribution in [0.25, 0.3) is 10.6 Å². The number of thiazole rings is 1. The Labute approximate surface area is 267 Å². The van der Waals surface area contributed by atoms with Crippen molar-refractivity contribution >= 4 is 69.9 Å². The minimum absolute atomic E-state index is 0.0773. The van der Waals surface area contributed by atoms with Gasteiger partial charge >= 0.3 is 6.09 Å². The van der Waals surface area contributed by atoms with Crippen LogP contribution in [-0.2, 0) is 11.3 Å². The van der Waals surface area contributed by atoms with Crippen LogP contribution in [0.15, 0.2) is 42.6 Å². The molecule has 0 unspecified atom stereocenters. The number of hydrogen-bond donors (Lipinski definition) is 4. The number of nitrogens with zero attached hydrogens (tertiary/aromatic N) is 5. The number of carbonyl (C=O) groups is 2. The maximum Gasteiger partial charge on any atom is 0.407 e.